The largest absolute Gasteiger partial charge is 0.456 e. The van der Waals surface area contributed by atoms with E-state index in [2.05, 4.69) is 163 Å². The van der Waals surface area contributed by atoms with Crippen LogP contribution < -0.4 is 5.32 Å². The molecule has 0 spiro atoms. The van der Waals surface area contributed by atoms with E-state index in [1.807, 2.05) is 42.5 Å². The summed E-state index contributed by atoms with van der Waals surface area (Å²) in [6.45, 7) is 0. The predicted octanol–water partition coefficient (Wildman–Crippen LogP) is 13.9. The number of nitrogens with one attached hydrogen (secondary N) is 1. The van der Waals surface area contributed by atoms with Gasteiger partial charge >= 0.3 is 0 Å². The molecule has 0 saturated carbocycles. The standard InChI is InChI=1S/C53H35N3O/c1-4-12-37(13-5-1)46-33-47(56-53(55-46)40-16-8-3-9-17-40)38-26-24-35(25-27-38)34-20-22-36(23-21-34)41-28-30-45-44(32-41)50-43(52(54-45)39-14-6-2-7-15-39)29-31-49-51(50)42-18-10-11-19-48(42)57-49/h1-33,52,54H. The van der Waals surface area contributed by atoms with E-state index >= 15 is 0 Å². The maximum Gasteiger partial charge on any atom is 0.160 e. The van der Waals surface area contributed by atoms with Crippen molar-refractivity contribution in [1.82, 2.24) is 9.97 Å². The van der Waals surface area contributed by atoms with E-state index in [1.54, 1.807) is 0 Å². The summed E-state index contributed by atoms with van der Waals surface area (Å²) in [6, 6.07) is 70.4. The third-order valence-corrected chi connectivity index (χ3v) is 11.2. The van der Waals surface area contributed by atoms with E-state index in [0.717, 1.165) is 72.4 Å². The fraction of sp³-hybridized carbons (Fsp3) is 0.0189. The van der Waals surface area contributed by atoms with Gasteiger partial charge in [0.1, 0.15) is 11.2 Å². The van der Waals surface area contributed by atoms with Gasteiger partial charge in [0.2, 0.25) is 0 Å². The molecule has 1 N–H and O–H groups in total. The molecule has 268 valence electrons. The first-order chi connectivity index (χ1) is 28.2. The second-order valence-electron chi connectivity index (χ2n) is 14.6. The average molecular weight is 730 g/mol. The minimum absolute atomic E-state index is 0.0226. The Labute approximate surface area is 330 Å². The topological polar surface area (TPSA) is 51.0 Å². The number of aromatic nitrogens is 2. The van der Waals surface area contributed by atoms with E-state index < -0.39 is 0 Å². The summed E-state index contributed by atoms with van der Waals surface area (Å²) in [5, 5.41) is 6.19. The number of fused-ring (bicyclic) bond motifs is 7. The molecule has 0 radical (unpaired) electrons. The highest BCUT2D eigenvalue weighted by Crippen LogP contribution is 2.49. The van der Waals surface area contributed by atoms with Gasteiger partial charge in [-0.2, -0.15) is 0 Å². The number of hydrogen-bond donors (Lipinski definition) is 1. The first kappa shape index (κ1) is 32.8. The fourth-order valence-electron chi connectivity index (χ4n) is 8.32. The van der Waals surface area contributed by atoms with Crippen LogP contribution in [0.3, 0.4) is 0 Å². The summed E-state index contributed by atoms with van der Waals surface area (Å²) in [4.78, 5) is 9.97. The summed E-state index contributed by atoms with van der Waals surface area (Å²) < 4.78 is 6.40. The van der Waals surface area contributed by atoms with Crippen LogP contribution in [0.1, 0.15) is 17.2 Å². The highest BCUT2D eigenvalue weighted by Gasteiger charge is 2.29. The third kappa shape index (κ3) is 5.87. The number of rotatable bonds is 6. The van der Waals surface area contributed by atoms with E-state index in [4.69, 9.17) is 14.4 Å². The summed E-state index contributed by atoms with van der Waals surface area (Å²) in [5.41, 5.74) is 17.4. The molecule has 0 saturated heterocycles. The molecule has 10 aromatic rings. The van der Waals surface area contributed by atoms with Crippen LogP contribution in [0, 0.1) is 0 Å². The Morgan fingerprint density at radius 1 is 0.421 bits per heavy atom. The highest BCUT2D eigenvalue weighted by molar-refractivity contribution is 6.15. The summed E-state index contributed by atoms with van der Waals surface area (Å²) in [5.74, 6) is 0.714. The van der Waals surface area contributed by atoms with Crippen molar-refractivity contribution in [2.45, 2.75) is 6.04 Å². The molecule has 0 bridgehead atoms. The lowest BCUT2D eigenvalue weighted by molar-refractivity contribution is 0.668. The summed E-state index contributed by atoms with van der Waals surface area (Å²) in [7, 11) is 0. The van der Waals surface area contributed by atoms with E-state index in [0.29, 0.717) is 5.82 Å². The van der Waals surface area contributed by atoms with Gasteiger partial charge < -0.3 is 9.73 Å². The summed E-state index contributed by atoms with van der Waals surface area (Å²) >= 11 is 0. The van der Waals surface area contributed by atoms with Gasteiger partial charge in [-0.05, 0) is 63.7 Å². The number of benzene rings is 8. The molecule has 57 heavy (non-hydrogen) atoms. The van der Waals surface area contributed by atoms with Gasteiger partial charge in [-0.3, -0.25) is 0 Å². The maximum absolute atomic E-state index is 6.40. The lowest BCUT2D eigenvalue weighted by Gasteiger charge is -2.31. The zero-order valence-corrected chi connectivity index (χ0v) is 30.9. The lowest BCUT2D eigenvalue weighted by Crippen LogP contribution is -2.18. The molecule has 2 aromatic heterocycles. The normalized spacial score (nSPS) is 13.2. The first-order valence-electron chi connectivity index (χ1n) is 19.3. The minimum atomic E-state index is 0.0226. The zero-order chi connectivity index (χ0) is 37.7. The van der Waals surface area contributed by atoms with Crippen LogP contribution in [0.2, 0.25) is 0 Å². The second kappa shape index (κ2) is 13.6. The maximum atomic E-state index is 6.40. The predicted molar refractivity (Wildman–Crippen MR) is 234 cm³/mol. The molecule has 4 nitrogen and oxygen atoms in total. The Bertz CT molecular complexity index is 3010. The van der Waals surface area contributed by atoms with Gasteiger partial charge in [0.25, 0.3) is 0 Å². The Morgan fingerprint density at radius 3 is 1.65 bits per heavy atom. The van der Waals surface area contributed by atoms with Crippen LogP contribution in [0.4, 0.5) is 5.69 Å². The summed E-state index contributed by atoms with van der Waals surface area (Å²) in [6.07, 6.45) is 0. The van der Waals surface area contributed by atoms with Gasteiger partial charge in [-0.25, -0.2) is 9.97 Å². The van der Waals surface area contributed by atoms with Crippen molar-refractivity contribution in [2.24, 2.45) is 0 Å². The monoisotopic (exact) mass is 729 g/mol. The van der Waals surface area contributed by atoms with Gasteiger partial charge in [0.15, 0.2) is 5.82 Å². The Kier molecular flexibility index (Phi) is 7.85. The molecule has 1 unspecified atom stereocenters. The number of furan rings is 1. The van der Waals surface area contributed by atoms with Gasteiger partial charge in [0, 0.05) is 44.3 Å². The molecular formula is C53H35N3O. The first-order valence-corrected chi connectivity index (χ1v) is 19.3. The molecule has 0 aliphatic carbocycles. The molecule has 0 amide bonds. The van der Waals surface area contributed by atoms with Crippen molar-refractivity contribution in [3.05, 3.63) is 211 Å². The number of nitrogens with zero attached hydrogens (tertiary/aromatic N) is 2. The molecular weight excluding hydrogens is 695 g/mol. The van der Waals surface area contributed by atoms with Crippen LogP contribution >= 0.6 is 0 Å². The van der Waals surface area contributed by atoms with Crippen molar-refractivity contribution in [2.75, 3.05) is 5.32 Å². The van der Waals surface area contributed by atoms with Crippen molar-refractivity contribution in [3.63, 3.8) is 0 Å². The van der Waals surface area contributed by atoms with Gasteiger partial charge in [-0.15, -0.1) is 0 Å². The van der Waals surface area contributed by atoms with Crippen LogP contribution in [-0.2, 0) is 0 Å². The smallest absolute Gasteiger partial charge is 0.160 e. The minimum Gasteiger partial charge on any atom is -0.456 e. The lowest BCUT2D eigenvalue weighted by atomic mass is 9.83. The fourth-order valence-corrected chi connectivity index (χ4v) is 8.32. The number of anilines is 1. The molecule has 3 heterocycles. The molecule has 8 aromatic carbocycles. The van der Waals surface area contributed by atoms with Crippen molar-refractivity contribution < 1.29 is 4.42 Å². The Hall–Kier alpha value is -7.56. The molecule has 1 aliphatic rings. The molecule has 1 aliphatic heterocycles. The highest BCUT2D eigenvalue weighted by atomic mass is 16.3. The van der Waals surface area contributed by atoms with Crippen molar-refractivity contribution in [1.29, 1.82) is 0 Å². The van der Waals surface area contributed by atoms with Crippen LogP contribution in [-0.4, -0.2) is 9.97 Å². The van der Waals surface area contributed by atoms with Crippen LogP contribution in [0.25, 0.3) is 89.2 Å². The zero-order valence-electron chi connectivity index (χ0n) is 30.9. The SMILES string of the molecule is c1ccc(-c2cc(-c3ccc(-c4ccc(-c5ccc6c(c5)-c5c(ccc7oc8ccccc8c57)C(c5ccccc5)N6)cc4)cc3)nc(-c3ccccc3)n2)cc1. The van der Waals surface area contributed by atoms with Gasteiger partial charge in [0.05, 0.1) is 17.4 Å². The van der Waals surface area contributed by atoms with E-state index in [-0.39, 0.29) is 6.04 Å². The third-order valence-electron chi connectivity index (χ3n) is 11.2. The van der Waals surface area contributed by atoms with E-state index in [1.165, 1.54) is 27.8 Å². The van der Waals surface area contributed by atoms with Gasteiger partial charge in [-0.1, -0.05) is 170 Å². The Balaban J connectivity index is 0.936. The number of para-hydroxylation sites is 1. The van der Waals surface area contributed by atoms with Crippen molar-refractivity contribution in [3.8, 4) is 67.3 Å². The Morgan fingerprint density at radius 2 is 0.965 bits per heavy atom. The molecule has 4 heteroatoms. The molecule has 0 fully saturated rings. The molecule has 1 atom stereocenters. The second-order valence-corrected chi connectivity index (χ2v) is 14.6. The average Bonchev–Trinajstić information content (AvgIpc) is 3.68. The van der Waals surface area contributed by atoms with Crippen molar-refractivity contribution >= 4 is 27.6 Å². The van der Waals surface area contributed by atoms with Crippen LogP contribution in [0.15, 0.2) is 205 Å². The van der Waals surface area contributed by atoms with E-state index in [9.17, 15) is 0 Å². The quantitative estimate of drug-likeness (QED) is 0.185. The molecule has 11 rings (SSSR count). The number of hydrogen-bond acceptors (Lipinski definition) is 4. The van der Waals surface area contributed by atoms with Crippen LogP contribution in [0.5, 0.6) is 0 Å².